The topological polar surface area (TPSA) is 368 Å². The molecular weight excluding hydrogens is 1660 g/mol. The van der Waals surface area contributed by atoms with Crippen molar-refractivity contribution >= 4 is 99.0 Å². The lowest BCUT2D eigenvalue weighted by Gasteiger charge is -2.42. The lowest BCUT2D eigenvalue weighted by Crippen LogP contribution is -2.52. The second-order valence-corrected chi connectivity index (χ2v) is 32.0. The molecule has 4 fully saturated rings. The minimum Gasteiger partial charge on any atom is -0.395 e. The molecule has 3 aliphatic heterocycles. The Bertz CT molecular complexity index is 6230. The number of hydrogen-bond donors (Lipinski definition) is 9. The second-order valence-electron chi connectivity index (χ2n) is 32.0. The molecule has 0 spiro atoms. The molecule has 0 radical (unpaired) electrons. The number of para-hydroxylation sites is 5. The number of aliphatic hydroxyl groups is 1. The normalized spacial score (nSPS) is 14.4. The highest BCUT2D eigenvalue weighted by atomic mass is 16.3. The number of amides is 2. The first-order valence-electron chi connectivity index (χ1n) is 44.6. The third kappa shape index (κ3) is 25.4. The standard InChI is InChI=1S/C25H27N7.C20H24N6.C19H22N6.C18H20N8O.C15H16N6O/c1-19-7-6-10-22(15-19)31-14-13-30(17-20(31)2)24-16-23(11-12-26-24)32-18-27-25(29-32)28-21-8-4-3-5-9-21;1-2-12-25(14-16-8-9-16)19-13-18(10-11-21-19)26-15-22-20(24-26)23-17-6-4-3-5-7-17;1-15-7-5-6-12-24(15)18-13-17(10-11-20-18)25-14-21-19(23-25)22-16-8-3-2-4-9-16;27-18-21-9-11-25(18)10-8-20-16-12-15(6-7-19-16)26-13-22-17(24-26)23-14-4-2-1-3-5-14;22-9-8-17-14-10-13(6-7-16-14)21-11-18-15(20-21)19-12-4-2-1-3-5-12/h3-12,15-16,18,20H,13-14,17H2,1-2H3,(H,28,29);3-7,10-11,13,15-16H,2,8-9,12,14H2,1H3,(H,23,24);2-4,8-11,13-15H,5-7,12H2,1H3,(H,22,23);1-7,12-13H,8-11H2,(H,19,20)(H,21,27)(H,23,24);1-7,10-11,22H,8-9H2,(H,16,17)(H,19,20). The van der Waals surface area contributed by atoms with Crippen LogP contribution >= 0.6 is 0 Å². The van der Waals surface area contributed by atoms with Crippen molar-refractivity contribution in [2.45, 2.75) is 78.3 Å². The Labute approximate surface area is 766 Å². The Morgan fingerprint density at radius 3 is 1.27 bits per heavy atom. The predicted octanol–water partition coefficient (Wildman–Crippen LogP) is 15.9. The van der Waals surface area contributed by atoms with E-state index in [1.54, 1.807) is 72.3 Å². The van der Waals surface area contributed by atoms with Gasteiger partial charge in [-0.15, -0.1) is 25.5 Å². The molecule has 1 aliphatic carbocycles. The number of aryl methyl sites for hydroxylation is 1. The van der Waals surface area contributed by atoms with Gasteiger partial charge in [0.1, 0.15) is 60.7 Å². The number of carbonyl (C=O) groups is 1. The molecule has 16 aromatic rings. The zero-order chi connectivity index (χ0) is 90.4. The average molecular weight is 1770 g/mol. The quantitative estimate of drug-likeness (QED) is 0.0202. The van der Waals surface area contributed by atoms with Gasteiger partial charge < -0.3 is 72.1 Å². The molecule has 35 heteroatoms. The summed E-state index contributed by atoms with van der Waals surface area (Å²) in [4.78, 5) is 66.8. The molecule has 132 heavy (non-hydrogen) atoms. The molecule has 4 aliphatic rings. The van der Waals surface area contributed by atoms with Crippen molar-refractivity contribution in [3.8, 4) is 28.4 Å². The molecule has 35 nitrogen and oxygen atoms in total. The minimum atomic E-state index is -0.0143. The maximum absolute atomic E-state index is 11.5. The number of pyridine rings is 5. The summed E-state index contributed by atoms with van der Waals surface area (Å²) < 4.78 is 8.70. The van der Waals surface area contributed by atoms with Gasteiger partial charge in [0, 0.05) is 180 Å². The number of nitrogens with zero attached hydrogens (tertiary/aromatic N) is 25. The van der Waals surface area contributed by atoms with Crippen LogP contribution in [-0.4, -0.2) is 205 Å². The third-order valence-corrected chi connectivity index (χ3v) is 22.0. The highest BCUT2D eigenvalue weighted by Gasteiger charge is 2.28. The number of urea groups is 1. The van der Waals surface area contributed by atoms with E-state index in [0.29, 0.717) is 73.8 Å². The fourth-order valence-corrected chi connectivity index (χ4v) is 15.2. The summed E-state index contributed by atoms with van der Waals surface area (Å²) in [5.74, 6) is 8.00. The van der Waals surface area contributed by atoms with Gasteiger partial charge in [-0.3, -0.25) is 0 Å². The van der Waals surface area contributed by atoms with Crippen molar-refractivity contribution in [3.05, 3.63) is 305 Å². The van der Waals surface area contributed by atoms with E-state index < -0.39 is 0 Å². The maximum atomic E-state index is 11.5. The summed E-state index contributed by atoms with van der Waals surface area (Å²) in [7, 11) is 0. The van der Waals surface area contributed by atoms with E-state index in [4.69, 9.17) is 5.11 Å². The Morgan fingerprint density at radius 1 is 0.409 bits per heavy atom. The number of rotatable bonds is 30. The molecule has 1 saturated carbocycles. The molecule has 0 bridgehead atoms. The molecule has 2 amide bonds. The van der Waals surface area contributed by atoms with Gasteiger partial charge in [-0.25, -0.2) is 53.1 Å². The van der Waals surface area contributed by atoms with E-state index in [2.05, 4.69) is 208 Å². The molecule has 2 unspecified atom stereocenters. The van der Waals surface area contributed by atoms with Crippen LogP contribution in [-0.2, 0) is 0 Å². The number of anilines is 16. The number of aromatic nitrogens is 20. The number of nitrogens with one attached hydrogen (secondary N) is 8. The Morgan fingerprint density at radius 2 is 0.841 bits per heavy atom. The number of benzene rings is 6. The van der Waals surface area contributed by atoms with Crippen molar-refractivity contribution < 1.29 is 9.90 Å². The van der Waals surface area contributed by atoms with Gasteiger partial charge in [-0.2, -0.15) is 24.9 Å². The zero-order valence-corrected chi connectivity index (χ0v) is 74.3. The van der Waals surface area contributed by atoms with Crippen molar-refractivity contribution in [1.82, 2.24) is 109 Å². The van der Waals surface area contributed by atoms with E-state index in [0.717, 1.165) is 138 Å². The van der Waals surface area contributed by atoms with Crippen molar-refractivity contribution in [2.24, 2.45) is 5.92 Å². The third-order valence-electron chi connectivity index (χ3n) is 22.0. The SMILES string of the molecule is CC1CCCCN1c1cc(-n2cnc(Nc3ccccc3)n2)ccn1.CCCN(CC1CC1)c1cc(-n2cnc(Nc3ccccc3)n2)ccn1.Cc1cccc(N2CCN(c3cc(-n4cnc(Nc5ccccc5)n4)ccn3)CC2C)c1.O=C1NCCN1CCNc1cc(-n2cnc(Nc3ccccc3)n2)ccn1.OCCNc1cc(-n2cnc(Nc3ccccc3)n2)ccn1. The van der Waals surface area contributed by atoms with Gasteiger partial charge in [-0.05, 0) is 174 Å². The Hall–Kier alpha value is -16.2. The molecule has 10 aromatic heterocycles. The van der Waals surface area contributed by atoms with Gasteiger partial charge in [0.25, 0.3) is 0 Å². The van der Waals surface area contributed by atoms with Gasteiger partial charge >= 0.3 is 6.03 Å². The predicted molar refractivity (Wildman–Crippen MR) is 520 cm³/mol. The number of aliphatic hydroxyl groups excluding tert-OH is 1. The van der Waals surface area contributed by atoms with Crippen molar-refractivity contribution in [1.29, 1.82) is 0 Å². The van der Waals surface area contributed by atoms with E-state index in [1.807, 2.05) is 213 Å². The van der Waals surface area contributed by atoms with Gasteiger partial charge in [0.05, 0.1) is 35.0 Å². The minimum absolute atomic E-state index is 0.0143. The first kappa shape index (κ1) is 89.2. The van der Waals surface area contributed by atoms with Crippen LogP contribution in [0.15, 0.2) is 299 Å². The number of piperazine rings is 1. The second kappa shape index (κ2) is 45.0. The monoisotopic (exact) mass is 1770 g/mol. The van der Waals surface area contributed by atoms with Crippen LogP contribution in [0.3, 0.4) is 0 Å². The zero-order valence-electron chi connectivity index (χ0n) is 74.3. The molecule has 13 heterocycles. The fourth-order valence-electron chi connectivity index (χ4n) is 15.2. The number of piperidine rings is 1. The Balaban J connectivity index is 0.000000121. The van der Waals surface area contributed by atoms with E-state index in [1.165, 1.54) is 43.4 Å². The van der Waals surface area contributed by atoms with Crippen LogP contribution < -0.4 is 62.1 Å². The van der Waals surface area contributed by atoms with E-state index in [9.17, 15) is 4.79 Å². The lowest BCUT2D eigenvalue weighted by atomic mass is 10.0. The lowest BCUT2D eigenvalue weighted by molar-refractivity contribution is 0.219. The van der Waals surface area contributed by atoms with Crippen LogP contribution in [0, 0.1) is 12.8 Å². The fraction of sp³-hybridized carbons (Fsp3) is 0.258. The van der Waals surface area contributed by atoms with E-state index in [-0.39, 0.29) is 12.6 Å². The van der Waals surface area contributed by atoms with Crippen LogP contribution in [0.4, 0.5) is 97.7 Å². The van der Waals surface area contributed by atoms with Crippen molar-refractivity contribution in [2.75, 3.05) is 135 Å². The molecule has 2 atom stereocenters. The number of hydrogen-bond acceptors (Lipinski definition) is 28. The van der Waals surface area contributed by atoms with E-state index >= 15 is 0 Å². The first-order valence-corrected chi connectivity index (χ1v) is 44.6. The highest BCUT2D eigenvalue weighted by molar-refractivity contribution is 5.76. The van der Waals surface area contributed by atoms with Crippen LogP contribution in [0.5, 0.6) is 0 Å². The maximum Gasteiger partial charge on any atom is 0.317 e. The first-order chi connectivity index (χ1) is 64.9. The van der Waals surface area contributed by atoms with Crippen LogP contribution in [0.1, 0.15) is 64.9 Å². The number of carbonyl (C=O) groups excluding carboxylic acids is 1. The van der Waals surface area contributed by atoms with Gasteiger partial charge in [0.15, 0.2) is 0 Å². The Kier molecular flexibility index (Phi) is 30.4. The summed E-state index contributed by atoms with van der Waals surface area (Å²) in [5, 5.41) is 56.3. The summed E-state index contributed by atoms with van der Waals surface area (Å²) in [5.41, 5.74) is 11.9. The molecule has 20 rings (SSSR count). The smallest absolute Gasteiger partial charge is 0.317 e. The van der Waals surface area contributed by atoms with Gasteiger partial charge in [-0.1, -0.05) is 110 Å². The summed E-state index contributed by atoms with van der Waals surface area (Å²) >= 11 is 0. The molecule has 9 N–H and O–H groups in total. The molecule has 6 aromatic carbocycles. The van der Waals surface area contributed by atoms with Gasteiger partial charge in [0.2, 0.25) is 29.7 Å². The molecular formula is C97H109N33O2. The average Bonchev–Trinajstić information content (AvgIpc) is 1.07. The molecule has 3 saturated heterocycles. The van der Waals surface area contributed by atoms with Crippen molar-refractivity contribution in [3.63, 3.8) is 0 Å². The summed E-state index contributed by atoms with van der Waals surface area (Å²) in [6.45, 7) is 18.1. The largest absolute Gasteiger partial charge is 0.395 e. The summed E-state index contributed by atoms with van der Waals surface area (Å²) in [6, 6.07) is 78.5. The van der Waals surface area contributed by atoms with Crippen LogP contribution in [0.25, 0.3) is 28.4 Å². The van der Waals surface area contributed by atoms with Crippen LogP contribution in [0.2, 0.25) is 0 Å². The molecule has 674 valence electrons. The summed E-state index contributed by atoms with van der Waals surface area (Å²) in [6.07, 6.45) is 25.0. The highest BCUT2D eigenvalue weighted by Crippen LogP contribution is 2.33.